The molecule has 0 aromatic rings. The van der Waals surface area contributed by atoms with Crippen molar-refractivity contribution in [2.45, 2.75) is 38.3 Å². The van der Waals surface area contributed by atoms with Gasteiger partial charge in [0.15, 0.2) is 0 Å². The summed E-state index contributed by atoms with van der Waals surface area (Å²) in [4.78, 5) is 37.6. The van der Waals surface area contributed by atoms with Crippen LogP contribution in [0.15, 0.2) is 12.7 Å². The Hall–Kier alpha value is -1.73. The molecule has 1 aliphatic rings. The Kier molecular flexibility index (Phi) is 8.78. The van der Waals surface area contributed by atoms with E-state index in [0.29, 0.717) is 52.0 Å². The van der Waals surface area contributed by atoms with Gasteiger partial charge in [0.2, 0.25) is 12.3 Å². The van der Waals surface area contributed by atoms with Gasteiger partial charge in [-0.05, 0) is 31.9 Å². The lowest BCUT2D eigenvalue weighted by Gasteiger charge is -2.44. The van der Waals surface area contributed by atoms with Crippen molar-refractivity contribution in [1.82, 2.24) is 15.1 Å². The molecular weight excluding hydrogens is 322 g/mol. The molecule has 0 spiro atoms. The van der Waals surface area contributed by atoms with Gasteiger partial charge in [-0.3, -0.25) is 14.5 Å². The van der Waals surface area contributed by atoms with Gasteiger partial charge in [-0.15, -0.1) is 0 Å². The Labute approximate surface area is 150 Å². The number of amides is 2. The van der Waals surface area contributed by atoms with Gasteiger partial charge in [0, 0.05) is 19.6 Å². The van der Waals surface area contributed by atoms with Crippen LogP contribution in [0.1, 0.15) is 26.7 Å². The molecule has 0 aliphatic carbocycles. The molecule has 0 aromatic heterocycles. The number of morpholine rings is 1. The highest BCUT2D eigenvalue weighted by atomic mass is 16.5. The maximum atomic E-state index is 12.0. The molecule has 0 saturated carbocycles. The van der Waals surface area contributed by atoms with Crippen molar-refractivity contribution in [3.8, 4) is 0 Å². The molecule has 142 valence electrons. The zero-order valence-corrected chi connectivity index (χ0v) is 15.6. The van der Waals surface area contributed by atoms with Gasteiger partial charge in [-0.1, -0.05) is 20.4 Å². The Balaban J connectivity index is 2.80. The van der Waals surface area contributed by atoms with Gasteiger partial charge in [-0.25, -0.2) is 0 Å². The van der Waals surface area contributed by atoms with E-state index in [1.54, 1.807) is 4.90 Å². The Morgan fingerprint density at radius 3 is 2.68 bits per heavy atom. The van der Waals surface area contributed by atoms with Gasteiger partial charge in [0.05, 0.1) is 24.8 Å². The minimum atomic E-state index is -0.536. The topological polar surface area (TPSA) is 79.0 Å². The van der Waals surface area contributed by atoms with E-state index in [2.05, 4.69) is 11.9 Å². The number of hydrogen-bond donors (Lipinski definition) is 1. The van der Waals surface area contributed by atoms with E-state index in [0.717, 1.165) is 6.29 Å². The fourth-order valence-corrected chi connectivity index (χ4v) is 3.25. The van der Waals surface area contributed by atoms with Gasteiger partial charge >= 0.3 is 0 Å². The summed E-state index contributed by atoms with van der Waals surface area (Å²) in [6, 6.07) is -0.153. The molecule has 0 bridgehead atoms. The number of ether oxygens (including phenoxy) is 1. The monoisotopic (exact) mass is 353 g/mol. The summed E-state index contributed by atoms with van der Waals surface area (Å²) in [5.74, 6) is 0.110. The average molecular weight is 353 g/mol. The third kappa shape index (κ3) is 6.25. The fraction of sp³-hybridized carbons (Fsp3) is 0.722. The highest BCUT2D eigenvalue weighted by molar-refractivity contribution is 5.87. The van der Waals surface area contributed by atoms with E-state index >= 15 is 0 Å². The van der Waals surface area contributed by atoms with E-state index in [1.807, 2.05) is 25.8 Å². The number of nitrogens with one attached hydrogen (secondary N) is 1. The largest absolute Gasteiger partial charge is 0.371 e. The molecule has 1 N–H and O–H groups in total. The molecule has 1 rings (SSSR count). The Bertz CT molecular complexity index is 469. The fourth-order valence-electron chi connectivity index (χ4n) is 3.25. The van der Waals surface area contributed by atoms with Crippen LogP contribution in [-0.2, 0) is 19.1 Å². The zero-order valence-electron chi connectivity index (χ0n) is 15.6. The van der Waals surface area contributed by atoms with Gasteiger partial charge < -0.3 is 19.7 Å². The van der Waals surface area contributed by atoms with Gasteiger partial charge in [0.1, 0.15) is 6.29 Å². The molecule has 1 saturated heterocycles. The highest BCUT2D eigenvalue weighted by Gasteiger charge is 2.38. The zero-order chi connectivity index (χ0) is 18.9. The number of carbonyl (C=O) groups excluding carboxylic acids is 3. The number of hydrogen-bond acceptors (Lipinski definition) is 5. The van der Waals surface area contributed by atoms with Crippen molar-refractivity contribution in [3.05, 3.63) is 12.7 Å². The van der Waals surface area contributed by atoms with Crippen molar-refractivity contribution in [2.24, 2.45) is 5.92 Å². The molecule has 1 heterocycles. The first-order chi connectivity index (χ1) is 11.9. The van der Waals surface area contributed by atoms with E-state index in [4.69, 9.17) is 4.74 Å². The van der Waals surface area contributed by atoms with E-state index < -0.39 is 5.60 Å². The summed E-state index contributed by atoms with van der Waals surface area (Å²) in [6.45, 7) is 10.2. The summed E-state index contributed by atoms with van der Waals surface area (Å²) in [6.07, 6.45) is 4.22. The van der Waals surface area contributed by atoms with Crippen molar-refractivity contribution < 1.29 is 19.1 Å². The third-order valence-corrected chi connectivity index (χ3v) is 4.79. The molecule has 0 aromatic carbocycles. The average Bonchev–Trinajstić information content (AvgIpc) is 2.60. The lowest BCUT2D eigenvalue weighted by atomic mass is 9.91. The normalized spacial score (nSPS) is 21.9. The smallest absolute Gasteiger partial charge is 0.246 e. The van der Waals surface area contributed by atoms with Crippen LogP contribution >= 0.6 is 0 Å². The maximum absolute atomic E-state index is 12.0. The molecule has 7 heteroatoms. The van der Waals surface area contributed by atoms with Crippen molar-refractivity contribution >= 4 is 18.6 Å². The van der Waals surface area contributed by atoms with Gasteiger partial charge in [0.25, 0.3) is 0 Å². The van der Waals surface area contributed by atoms with Crippen molar-refractivity contribution in [3.63, 3.8) is 0 Å². The summed E-state index contributed by atoms with van der Waals surface area (Å²) >= 11 is 0. The molecule has 1 aliphatic heterocycles. The maximum Gasteiger partial charge on any atom is 0.246 e. The summed E-state index contributed by atoms with van der Waals surface area (Å²) in [7, 11) is 1.92. The summed E-state index contributed by atoms with van der Waals surface area (Å²) in [5, 5.41) is 2.66. The molecule has 7 nitrogen and oxygen atoms in total. The number of likely N-dealkylation sites (N-methyl/N-ethyl adjacent to an activating group) is 1. The van der Waals surface area contributed by atoms with E-state index in [-0.39, 0.29) is 17.9 Å². The van der Waals surface area contributed by atoms with E-state index in [1.165, 1.54) is 6.08 Å². The van der Waals surface area contributed by atoms with Crippen LogP contribution in [0.4, 0.5) is 0 Å². The summed E-state index contributed by atoms with van der Waals surface area (Å²) < 4.78 is 6.06. The number of aldehydes is 1. The predicted octanol–water partition coefficient (Wildman–Crippen LogP) is 0.452. The van der Waals surface area contributed by atoms with Crippen LogP contribution in [0.3, 0.4) is 0 Å². The molecule has 0 radical (unpaired) electrons. The van der Waals surface area contributed by atoms with Crippen LogP contribution in [-0.4, -0.2) is 79.9 Å². The van der Waals surface area contributed by atoms with Crippen molar-refractivity contribution in [2.75, 3.05) is 39.8 Å². The lowest BCUT2D eigenvalue weighted by molar-refractivity contribution is -0.150. The van der Waals surface area contributed by atoms with Crippen LogP contribution in [0.5, 0.6) is 0 Å². The molecule has 2 unspecified atom stereocenters. The molecule has 25 heavy (non-hydrogen) atoms. The lowest BCUT2D eigenvalue weighted by Crippen LogP contribution is -2.55. The minimum Gasteiger partial charge on any atom is -0.371 e. The molecular formula is C18H31N3O4. The molecule has 1 fully saturated rings. The first kappa shape index (κ1) is 21.3. The second-order valence-corrected chi connectivity index (χ2v) is 6.92. The number of rotatable bonds is 11. The third-order valence-electron chi connectivity index (χ3n) is 4.79. The first-order valence-corrected chi connectivity index (χ1v) is 8.77. The highest BCUT2D eigenvalue weighted by Crippen LogP contribution is 2.27. The standard InChI is InChI=1S/C18H31N3O4/c1-5-17(24)21-10-11-25-18(13-21,6-8-19-14-23)7-9-20(4)16(12-22)15(2)3/h5,12,14-16H,1,6-11,13H2,2-4H3,(H,19,23). The molecule has 2 atom stereocenters. The number of nitrogens with zero attached hydrogens (tertiary/aromatic N) is 2. The molecule has 2 amide bonds. The minimum absolute atomic E-state index is 0.114. The van der Waals surface area contributed by atoms with Crippen LogP contribution < -0.4 is 5.32 Å². The van der Waals surface area contributed by atoms with E-state index in [9.17, 15) is 14.4 Å². The van der Waals surface area contributed by atoms with Crippen LogP contribution in [0.25, 0.3) is 0 Å². The first-order valence-electron chi connectivity index (χ1n) is 8.77. The Morgan fingerprint density at radius 2 is 2.12 bits per heavy atom. The number of carbonyl (C=O) groups is 3. The quantitative estimate of drug-likeness (QED) is 0.331. The van der Waals surface area contributed by atoms with Crippen molar-refractivity contribution in [1.29, 1.82) is 0 Å². The SMILES string of the molecule is C=CC(=O)N1CCOC(CCNC=O)(CCN(C)C(C=O)C(C)C)C1. The second-order valence-electron chi connectivity index (χ2n) is 6.92. The second kappa shape index (κ2) is 10.3. The summed E-state index contributed by atoms with van der Waals surface area (Å²) in [5.41, 5.74) is -0.536. The Morgan fingerprint density at radius 1 is 1.40 bits per heavy atom. The van der Waals surface area contributed by atoms with Crippen LogP contribution in [0.2, 0.25) is 0 Å². The van der Waals surface area contributed by atoms with Crippen LogP contribution in [0, 0.1) is 5.92 Å². The van der Waals surface area contributed by atoms with Gasteiger partial charge in [-0.2, -0.15) is 0 Å². The predicted molar refractivity (Wildman–Crippen MR) is 96.1 cm³/mol.